The zero-order valence-corrected chi connectivity index (χ0v) is 9.62. The highest BCUT2D eigenvalue weighted by Gasteiger charge is 2.08. The number of fused-ring (bicyclic) bond motifs is 1. The fourth-order valence-electron chi connectivity index (χ4n) is 2.06. The quantitative estimate of drug-likeness (QED) is 0.809. The van der Waals surface area contributed by atoms with Crippen LogP contribution in [-0.2, 0) is 6.54 Å². The van der Waals surface area contributed by atoms with Gasteiger partial charge in [-0.1, -0.05) is 12.1 Å². The van der Waals surface area contributed by atoms with Crippen LogP contribution in [0.1, 0.15) is 25.5 Å². The van der Waals surface area contributed by atoms with E-state index < -0.39 is 0 Å². The summed E-state index contributed by atoms with van der Waals surface area (Å²) in [6.45, 7) is 5.40. The average Bonchev–Trinajstić information content (AvgIpc) is 2.70. The first kappa shape index (κ1) is 10.2. The number of hydrogen-bond donors (Lipinski definition) is 1. The number of aryl methyl sites for hydroxylation is 1. The van der Waals surface area contributed by atoms with Gasteiger partial charge >= 0.3 is 0 Å². The molecule has 0 fully saturated rings. The molecule has 0 bridgehead atoms. The average molecular weight is 202 g/mol. The van der Waals surface area contributed by atoms with Crippen molar-refractivity contribution < 1.29 is 0 Å². The smallest absolute Gasteiger partial charge is 0.0483 e. The van der Waals surface area contributed by atoms with Crippen molar-refractivity contribution in [1.82, 2.24) is 9.88 Å². The highest BCUT2D eigenvalue weighted by molar-refractivity contribution is 5.84. The lowest BCUT2D eigenvalue weighted by molar-refractivity contribution is 0.657. The molecule has 0 saturated heterocycles. The number of rotatable bonds is 3. The Bertz CT molecular complexity index is 457. The van der Waals surface area contributed by atoms with Crippen LogP contribution in [-0.4, -0.2) is 11.6 Å². The van der Waals surface area contributed by atoms with E-state index in [4.69, 9.17) is 0 Å². The Morgan fingerprint density at radius 3 is 2.80 bits per heavy atom. The number of aromatic nitrogens is 1. The molecular formula is C13H18N2. The Labute approximate surface area is 90.9 Å². The van der Waals surface area contributed by atoms with Gasteiger partial charge in [0.15, 0.2) is 0 Å². The van der Waals surface area contributed by atoms with Gasteiger partial charge in [-0.05, 0) is 38.6 Å². The Hall–Kier alpha value is -1.28. The lowest BCUT2D eigenvalue weighted by Gasteiger charge is -2.12. The highest BCUT2D eigenvalue weighted by atomic mass is 14.9. The van der Waals surface area contributed by atoms with Crippen molar-refractivity contribution in [3.05, 3.63) is 36.0 Å². The van der Waals surface area contributed by atoms with E-state index in [1.54, 1.807) is 0 Å². The molecule has 15 heavy (non-hydrogen) atoms. The van der Waals surface area contributed by atoms with Crippen molar-refractivity contribution >= 4 is 10.9 Å². The lowest BCUT2D eigenvalue weighted by atomic mass is 10.0. The SMILES string of the molecule is CCn1ccc2c(C(C)NC)cccc21. The molecule has 1 aromatic heterocycles. The van der Waals surface area contributed by atoms with Crippen molar-refractivity contribution in [2.75, 3.05) is 7.05 Å². The summed E-state index contributed by atoms with van der Waals surface area (Å²) in [4.78, 5) is 0. The molecule has 0 radical (unpaired) electrons. The van der Waals surface area contributed by atoms with Crippen LogP contribution in [0.5, 0.6) is 0 Å². The van der Waals surface area contributed by atoms with Crippen molar-refractivity contribution in [3.8, 4) is 0 Å². The van der Waals surface area contributed by atoms with Crippen molar-refractivity contribution in [1.29, 1.82) is 0 Å². The topological polar surface area (TPSA) is 17.0 Å². The number of nitrogens with zero attached hydrogens (tertiary/aromatic N) is 1. The monoisotopic (exact) mass is 202 g/mol. The summed E-state index contributed by atoms with van der Waals surface area (Å²) in [6, 6.07) is 9.13. The van der Waals surface area contributed by atoms with Crippen LogP contribution in [0.2, 0.25) is 0 Å². The minimum atomic E-state index is 0.404. The van der Waals surface area contributed by atoms with Gasteiger partial charge in [0.2, 0.25) is 0 Å². The predicted molar refractivity (Wildman–Crippen MR) is 65.1 cm³/mol. The first-order valence-corrected chi connectivity index (χ1v) is 5.53. The Morgan fingerprint density at radius 2 is 2.13 bits per heavy atom. The molecule has 0 aliphatic rings. The van der Waals surface area contributed by atoms with Crippen LogP contribution in [0.25, 0.3) is 10.9 Å². The Morgan fingerprint density at radius 1 is 1.33 bits per heavy atom. The van der Waals surface area contributed by atoms with Crippen LogP contribution < -0.4 is 5.32 Å². The lowest BCUT2D eigenvalue weighted by Crippen LogP contribution is -2.12. The second-order valence-electron chi connectivity index (χ2n) is 3.89. The standard InChI is InChI=1S/C13H18N2/c1-4-15-9-8-12-11(10(2)14-3)6-5-7-13(12)15/h5-10,14H,4H2,1-3H3. The van der Waals surface area contributed by atoms with Crippen LogP contribution in [0, 0.1) is 0 Å². The van der Waals surface area contributed by atoms with Gasteiger partial charge in [0.25, 0.3) is 0 Å². The summed E-state index contributed by atoms with van der Waals surface area (Å²) in [5, 5.41) is 4.65. The van der Waals surface area contributed by atoms with E-state index in [1.807, 2.05) is 7.05 Å². The van der Waals surface area contributed by atoms with E-state index in [2.05, 4.69) is 54.2 Å². The maximum absolute atomic E-state index is 3.29. The Kier molecular flexibility index (Phi) is 2.78. The predicted octanol–water partition coefficient (Wildman–Crippen LogP) is 2.94. The van der Waals surface area contributed by atoms with Crippen LogP contribution in [0.3, 0.4) is 0 Å². The normalized spacial score (nSPS) is 13.3. The third kappa shape index (κ3) is 1.65. The molecule has 0 aliphatic heterocycles. The van der Waals surface area contributed by atoms with Gasteiger partial charge in [-0.2, -0.15) is 0 Å². The molecule has 1 unspecified atom stereocenters. The Balaban J connectivity index is 2.61. The molecule has 0 spiro atoms. The molecule has 0 saturated carbocycles. The molecule has 1 N–H and O–H groups in total. The molecule has 2 nitrogen and oxygen atoms in total. The third-order valence-corrected chi connectivity index (χ3v) is 3.09. The number of benzene rings is 1. The maximum atomic E-state index is 3.29. The molecule has 1 heterocycles. The highest BCUT2D eigenvalue weighted by Crippen LogP contribution is 2.24. The fraction of sp³-hybridized carbons (Fsp3) is 0.385. The summed E-state index contributed by atoms with van der Waals surface area (Å²) in [5.74, 6) is 0. The van der Waals surface area contributed by atoms with Crippen LogP contribution in [0.4, 0.5) is 0 Å². The first-order chi connectivity index (χ1) is 7.27. The van der Waals surface area contributed by atoms with E-state index in [1.165, 1.54) is 16.5 Å². The summed E-state index contributed by atoms with van der Waals surface area (Å²) < 4.78 is 2.28. The fourth-order valence-corrected chi connectivity index (χ4v) is 2.06. The summed E-state index contributed by atoms with van der Waals surface area (Å²) in [7, 11) is 2.00. The molecule has 0 amide bonds. The number of hydrogen-bond acceptors (Lipinski definition) is 1. The molecule has 1 aromatic carbocycles. The second-order valence-corrected chi connectivity index (χ2v) is 3.89. The van der Waals surface area contributed by atoms with Crippen LogP contribution >= 0.6 is 0 Å². The van der Waals surface area contributed by atoms with Crippen molar-refractivity contribution in [3.63, 3.8) is 0 Å². The maximum Gasteiger partial charge on any atom is 0.0483 e. The second kappa shape index (κ2) is 4.07. The van der Waals surface area contributed by atoms with E-state index in [9.17, 15) is 0 Å². The first-order valence-electron chi connectivity index (χ1n) is 5.53. The molecule has 2 heteroatoms. The molecule has 80 valence electrons. The molecular weight excluding hydrogens is 184 g/mol. The minimum Gasteiger partial charge on any atom is -0.348 e. The molecule has 2 aromatic rings. The van der Waals surface area contributed by atoms with Gasteiger partial charge in [-0.15, -0.1) is 0 Å². The summed E-state index contributed by atoms with van der Waals surface area (Å²) >= 11 is 0. The van der Waals surface area contributed by atoms with Gasteiger partial charge in [-0.25, -0.2) is 0 Å². The van der Waals surface area contributed by atoms with Gasteiger partial charge < -0.3 is 9.88 Å². The van der Waals surface area contributed by atoms with Gasteiger partial charge in [0, 0.05) is 29.7 Å². The third-order valence-electron chi connectivity index (χ3n) is 3.09. The van der Waals surface area contributed by atoms with E-state index in [0.29, 0.717) is 6.04 Å². The molecule has 1 atom stereocenters. The molecule has 2 rings (SSSR count). The van der Waals surface area contributed by atoms with E-state index >= 15 is 0 Å². The zero-order valence-electron chi connectivity index (χ0n) is 9.62. The largest absolute Gasteiger partial charge is 0.348 e. The van der Waals surface area contributed by atoms with Crippen molar-refractivity contribution in [2.24, 2.45) is 0 Å². The van der Waals surface area contributed by atoms with E-state index in [-0.39, 0.29) is 0 Å². The van der Waals surface area contributed by atoms with Crippen LogP contribution in [0.15, 0.2) is 30.5 Å². The summed E-state index contributed by atoms with van der Waals surface area (Å²) in [5.41, 5.74) is 2.71. The van der Waals surface area contributed by atoms with Gasteiger partial charge in [-0.3, -0.25) is 0 Å². The minimum absolute atomic E-state index is 0.404. The number of nitrogens with one attached hydrogen (secondary N) is 1. The zero-order chi connectivity index (χ0) is 10.8. The van der Waals surface area contributed by atoms with Gasteiger partial charge in [0.1, 0.15) is 0 Å². The van der Waals surface area contributed by atoms with Gasteiger partial charge in [0.05, 0.1) is 0 Å². The summed E-state index contributed by atoms with van der Waals surface area (Å²) in [6.07, 6.45) is 2.16. The van der Waals surface area contributed by atoms with E-state index in [0.717, 1.165) is 6.54 Å². The molecule has 0 aliphatic carbocycles. The van der Waals surface area contributed by atoms with Crippen molar-refractivity contribution in [2.45, 2.75) is 26.4 Å².